The van der Waals surface area contributed by atoms with Crippen molar-refractivity contribution < 1.29 is 4.42 Å². The molecule has 262 valence electrons. The number of benzene rings is 8. The Hall–Kier alpha value is -7.63. The van der Waals surface area contributed by atoms with Gasteiger partial charge in [0.05, 0.1) is 11.0 Å². The Morgan fingerprint density at radius 1 is 0.304 bits per heavy atom. The second-order valence-electron chi connectivity index (χ2n) is 14.1. The summed E-state index contributed by atoms with van der Waals surface area (Å²) in [4.78, 5) is 14.8. The third-order valence-electron chi connectivity index (χ3n) is 10.7. The van der Waals surface area contributed by atoms with Crippen LogP contribution in [0.25, 0.3) is 106 Å². The minimum atomic E-state index is 0.636. The molecule has 0 fully saturated rings. The maximum Gasteiger partial charge on any atom is 0.164 e. The predicted molar refractivity (Wildman–Crippen MR) is 229 cm³/mol. The van der Waals surface area contributed by atoms with Crippen molar-refractivity contribution in [2.24, 2.45) is 0 Å². The van der Waals surface area contributed by atoms with Crippen LogP contribution in [-0.2, 0) is 0 Å². The molecule has 0 saturated carbocycles. The molecule has 3 aromatic heterocycles. The van der Waals surface area contributed by atoms with Crippen LogP contribution in [0.1, 0.15) is 0 Å². The molecule has 11 aromatic rings. The number of para-hydroxylation sites is 2. The van der Waals surface area contributed by atoms with Crippen LogP contribution >= 0.6 is 0 Å². The SMILES string of the molecule is c1ccc(-c2nc(-c3ccccc3)nc(-c3cccc(-c4ccc(-n5c6ccccc6c6ccc(-c7ccc8c(c7)oc7ccccc78)cc65)cc4)c3)n2)cc1. The molecule has 0 N–H and O–H groups in total. The van der Waals surface area contributed by atoms with E-state index in [1.54, 1.807) is 0 Å². The molecule has 11 rings (SSSR count). The summed E-state index contributed by atoms with van der Waals surface area (Å²) in [6, 6.07) is 67.6. The molecule has 0 aliphatic carbocycles. The van der Waals surface area contributed by atoms with Crippen LogP contribution in [0, 0.1) is 0 Å². The molecular formula is C51H32N4O. The van der Waals surface area contributed by atoms with Crippen molar-refractivity contribution in [2.45, 2.75) is 0 Å². The summed E-state index contributed by atoms with van der Waals surface area (Å²) in [5, 5.41) is 4.71. The van der Waals surface area contributed by atoms with E-state index in [1.165, 1.54) is 16.3 Å². The topological polar surface area (TPSA) is 56.7 Å². The number of furan rings is 1. The van der Waals surface area contributed by atoms with E-state index in [2.05, 4.69) is 126 Å². The van der Waals surface area contributed by atoms with Crippen LogP contribution in [0.2, 0.25) is 0 Å². The van der Waals surface area contributed by atoms with Gasteiger partial charge in [-0.25, -0.2) is 15.0 Å². The monoisotopic (exact) mass is 716 g/mol. The van der Waals surface area contributed by atoms with Crippen LogP contribution in [0.15, 0.2) is 199 Å². The molecule has 0 radical (unpaired) electrons. The Kier molecular flexibility index (Phi) is 7.42. The summed E-state index contributed by atoms with van der Waals surface area (Å²) in [5.74, 6) is 1.93. The van der Waals surface area contributed by atoms with E-state index in [9.17, 15) is 0 Å². The van der Waals surface area contributed by atoms with E-state index in [-0.39, 0.29) is 0 Å². The van der Waals surface area contributed by atoms with Gasteiger partial charge in [0.2, 0.25) is 0 Å². The third kappa shape index (κ3) is 5.45. The second kappa shape index (κ2) is 13.0. The van der Waals surface area contributed by atoms with Gasteiger partial charge in [-0.1, -0.05) is 146 Å². The van der Waals surface area contributed by atoms with Gasteiger partial charge in [0.25, 0.3) is 0 Å². The summed E-state index contributed by atoms with van der Waals surface area (Å²) in [7, 11) is 0. The van der Waals surface area contributed by atoms with Crippen molar-refractivity contribution in [3.8, 4) is 62.1 Å². The lowest BCUT2D eigenvalue weighted by molar-refractivity contribution is 0.669. The molecule has 0 aliphatic heterocycles. The molecule has 56 heavy (non-hydrogen) atoms. The lowest BCUT2D eigenvalue weighted by Crippen LogP contribution is -2.00. The summed E-state index contributed by atoms with van der Waals surface area (Å²) >= 11 is 0. The highest BCUT2D eigenvalue weighted by Gasteiger charge is 2.16. The first-order valence-corrected chi connectivity index (χ1v) is 18.8. The maximum atomic E-state index is 6.26. The molecule has 0 amide bonds. The number of aromatic nitrogens is 4. The van der Waals surface area contributed by atoms with Gasteiger partial charge >= 0.3 is 0 Å². The van der Waals surface area contributed by atoms with E-state index in [0.717, 1.165) is 72.1 Å². The zero-order chi connectivity index (χ0) is 37.0. The highest BCUT2D eigenvalue weighted by molar-refractivity contribution is 6.11. The number of hydrogen-bond donors (Lipinski definition) is 0. The Balaban J connectivity index is 0.979. The zero-order valence-electron chi connectivity index (χ0n) is 30.2. The average molecular weight is 717 g/mol. The van der Waals surface area contributed by atoms with Crippen molar-refractivity contribution in [3.63, 3.8) is 0 Å². The summed E-state index contributed by atoms with van der Waals surface area (Å²) in [6.07, 6.45) is 0. The highest BCUT2D eigenvalue weighted by atomic mass is 16.3. The number of rotatable bonds is 6. The molecule has 0 atom stereocenters. The Morgan fingerprint density at radius 2 is 0.804 bits per heavy atom. The molecular weight excluding hydrogens is 685 g/mol. The first kappa shape index (κ1) is 31.9. The quantitative estimate of drug-likeness (QED) is 0.172. The molecule has 0 unspecified atom stereocenters. The first-order valence-electron chi connectivity index (χ1n) is 18.8. The molecule has 0 aliphatic rings. The minimum Gasteiger partial charge on any atom is -0.456 e. The normalized spacial score (nSPS) is 11.6. The van der Waals surface area contributed by atoms with Gasteiger partial charge in [-0.3, -0.25) is 0 Å². The predicted octanol–water partition coefficient (Wildman–Crippen LogP) is 13.2. The third-order valence-corrected chi connectivity index (χ3v) is 10.7. The molecule has 5 heteroatoms. The van der Waals surface area contributed by atoms with E-state index in [4.69, 9.17) is 19.4 Å². The summed E-state index contributed by atoms with van der Waals surface area (Å²) < 4.78 is 8.63. The van der Waals surface area contributed by atoms with E-state index in [1.807, 2.05) is 72.8 Å². The molecule has 8 aromatic carbocycles. The van der Waals surface area contributed by atoms with Crippen LogP contribution in [-0.4, -0.2) is 19.5 Å². The molecule has 0 spiro atoms. The van der Waals surface area contributed by atoms with Crippen molar-refractivity contribution >= 4 is 43.7 Å². The number of nitrogens with zero attached hydrogens (tertiary/aromatic N) is 4. The average Bonchev–Trinajstić information content (AvgIpc) is 3.82. The fraction of sp³-hybridized carbons (Fsp3) is 0. The summed E-state index contributed by atoms with van der Waals surface area (Å²) in [5.41, 5.74) is 12.5. The van der Waals surface area contributed by atoms with Gasteiger partial charge in [0, 0.05) is 43.9 Å². The van der Waals surface area contributed by atoms with Crippen molar-refractivity contribution in [3.05, 3.63) is 194 Å². The summed E-state index contributed by atoms with van der Waals surface area (Å²) in [6.45, 7) is 0. The van der Waals surface area contributed by atoms with Gasteiger partial charge in [0.15, 0.2) is 17.5 Å². The van der Waals surface area contributed by atoms with Gasteiger partial charge < -0.3 is 8.98 Å². The second-order valence-corrected chi connectivity index (χ2v) is 14.1. The minimum absolute atomic E-state index is 0.636. The standard InChI is InChI=1S/C51H32N4O/c1-3-12-34(13-4-1)49-52-50(35-14-5-2-6-15-35)54-51(53-49)39-17-11-16-36(30-39)33-22-26-40(27-23-33)55-45-20-9-7-18-41(45)42-28-24-37(31-46(42)55)38-25-29-44-43-19-8-10-21-47(43)56-48(44)32-38/h1-32H. The van der Waals surface area contributed by atoms with Crippen molar-refractivity contribution in [1.82, 2.24) is 19.5 Å². The van der Waals surface area contributed by atoms with Gasteiger partial charge in [-0.05, 0) is 70.8 Å². The largest absolute Gasteiger partial charge is 0.456 e. The molecule has 0 saturated heterocycles. The van der Waals surface area contributed by atoms with E-state index < -0.39 is 0 Å². The Bertz CT molecular complexity index is 3180. The number of hydrogen-bond acceptors (Lipinski definition) is 4. The fourth-order valence-electron chi connectivity index (χ4n) is 7.91. The zero-order valence-corrected chi connectivity index (χ0v) is 30.2. The van der Waals surface area contributed by atoms with Crippen molar-refractivity contribution in [1.29, 1.82) is 0 Å². The van der Waals surface area contributed by atoms with Crippen molar-refractivity contribution in [2.75, 3.05) is 0 Å². The van der Waals surface area contributed by atoms with E-state index in [0.29, 0.717) is 17.5 Å². The van der Waals surface area contributed by atoms with Crippen LogP contribution in [0.4, 0.5) is 0 Å². The van der Waals surface area contributed by atoms with Gasteiger partial charge in [-0.15, -0.1) is 0 Å². The Morgan fingerprint density at radius 3 is 1.54 bits per heavy atom. The van der Waals surface area contributed by atoms with Gasteiger partial charge in [0.1, 0.15) is 11.2 Å². The molecule has 5 nitrogen and oxygen atoms in total. The van der Waals surface area contributed by atoms with Crippen LogP contribution in [0.5, 0.6) is 0 Å². The van der Waals surface area contributed by atoms with E-state index >= 15 is 0 Å². The van der Waals surface area contributed by atoms with Crippen LogP contribution < -0.4 is 0 Å². The fourth-order valence-corrected chi connectivity index (χ4v) is 7.91. The van der Waals surface area contributed by atoms with Gasteiger partial charge in [-0.2, -0.15) is 0 Å². The highest BCUT2D eigenvalue weighted by Crippen LogP contribution is 2.38. The number of fused-ring (bicyclic) bond motifs is 6. The van der Waals surface area contributed by atoms with Crippen LogP contribution in [0.3, 0.4) is 0 Å². The first-order chi connectivity index (χ1) is 27.7. The lowest BCUT2D eigenvalue weighted by Gasteiger charge is -2.11. The lowest BCUT2D eigenvalue weighted by atomic mass is 10.0. The Labute approximate surface area is 322 Å². The molecule has 0 bridgehead atoms. The maximum absolute atomic E-state index is 6.26. The molecule has 3 heterocycles. The smallest absolute Gasteiger partial charge is 0.164 e.